The van der Waals surface area contributed by atoms with Crippen LogP contribution in [-0.2, 0) is 0 Å². The lowest BCUT2D eigenvalue weighted by molar-refractivity contribution is 1.28. The van der Waals surface area contributed by atoms with Gasteiger partial charge in [-0.3, -0.25) is 0 Å². The van der Waals surface area contributed by atoms with E-state index in [9.17, 15) is 0 Å². The Balaban J connectivity index is 0.990. The topological polar surface area (TPSA) is 3.24 Å². The minimum absolute atomic E-state index is 1.10. The molecule has 12 rings (SSSR count). The lowest BCUT2D eigenvalue weighted by Crippen LogP contribution is -2.11. The van der Waals surface area contributed by atoms with Gasteiger partial charge in [-0.15, -0.1) is 22.7 Å². The molecule has 0 aliphatic rings. The van der Waals surface area contributed by atoms with Gasteiger partial charge in [0, 0.05) is 57.3 Å². The van der Waals surface area contributed by atoms with E-state index in [1.165, 1.54) is 95.6 Å². The first-order valence-corrected chi connectivity index (χ1v) is 22.4. The molecule has 12 aromatic rings. The van der Waals surface area contributed by atoms with Gasteiger partial charge in [-0.25, -0.2) is 0 Å². The van der Waals surface area contributed by atoms with Gasteiger partial charge in [-0.05, 0) is 110 Å². The van der Waals surface area contributed by atoms with Crippen LogP contribution in [0, 0.1) is 0 Å². The number of hydrogen-bond acceptors (Lipinski definition) is 3. The van der Waals surface area contributed by atoms with Crippen molar-refractivity contribution in [1.29, 1.82) is 0 Å². The largest absolute Gasteiger partial charge is 0.310 e. The normalized spacial score (nSPS) is 11.6. The molecule has 0 spiro atoms. The number of thiophene rings is 2. The Bertz CT molecular complexity index is 3600. The molecule has 0 fully saturated rings. The molecule has 2 aromatic heterocycles. The number of anilines is 3. The van der Waals surface area contributed by atoms with Crippen LogP contribution in [0.3, 0.4) is 0 Å². The van der Waals surface area contributed by atoms with E-state index >= 15 is 0 Å². The number of benzene rings is 10. The van der Waals surface area contributed by atoms with Gasteiger partial charge in [0.2, 0.25) is 0 Å². The van der Waals surface area contributed by atoms with Gasteiger partial charge in [-0.1, -0.05) is 164 Å². The Labute approximate surface area is 362 Å². The summed E-state index contributed by atoms with van der Waals surface area (Å²) in [5, 5.41) is 7.74. The lowest BCUT2D eigenvalue weighted by atomic mass is 9.95. The molecule has 0 saturated heterocycles. The standard InChI is InChI=1S/C58H37NS2/c1-2-19-46-39(13-1)14-11-24-48(46)49-20-3-6-26-54(49)59(44-32-29-38(30-33-44)42-31-34-57-53(37-42)51-22-5-7-27-55(51)60-57)45-18-10-16-41(36-45)40-15-9-17-43(35-40)47-23-12-25-52-50-21-4-8-28-56(50)61-58(47)52/h1-37H. The zero-order valence-electron chi connectivity index (χ0n) is 33.1. The molecule has 0 N–H and O–H groups in total. The van der Waals surface area contributed by atoms with Crippen LogP contribution in [0.2, 0.25) is 0 Å². The van der Waals surface area contributed by atoms with Crippen LogP contribution in [0.4, 0.5) is 17.1 Å². The first-order chi connectivity index (χ1) is 30.2. The van der Waals surface area contributed by atoms with Crippen molar-refractivity contribution in [2.24, 2.45) is 0 Å². The summed E-state index contributed by atoms with van der Waals surface area (Å²) in [4.78, 5) is 2.43. The van der Waals surface area contributed by atoms with E-state index in [4.69, 9.17) is 0 Å². The summed E-state index contributed by atoms with van der Waals surface area (Å²) in [5.74, 6) is 0. The van der Waals surface area contributed by atoms with Crippen LogP contribution in [0.1, 0.15) is 0 Å². The summed E-state index contributed by atoms with van der Waals surface area (Å²) in [6.45, 7) is 0. The first-order valence-electron chi connectivity index (χ1n) is 20.7. The Morgan fingerprint density at radius 1 is 0.279 bits per heavy atom. The smallest absolute Gasteiger partial charge is 0.0540 e. The molecule has 0 bridgehead atoms. The quantitative estimate of drug-likeness (QED) is 0.155. The monoisotopic (exact) mass is 811 g/mol. The summed E-state index contributed by atoms with van der Waals surface area (Å²) in [6, 6.07) is 82.5. The van der Waals surface area contributed by atoms with E-state index in [2.05, 4.69) is 229 Å². The zero-order chi connectivity index (χ0) is 40.3. The van der Waals surface area contributed by atoms with E-state index in [0.717, 1.165) is 17.1 Å². The maximum atomic E-state index is 2.43. The van der Waals surface area contributed by atoms with Crippen molar-refractivity contribution < 1.29 is 0 Å². The molecular weight excluding hydrogens is 775 g/mol. The van der Waals surface area contributed by atoms with E-state index in [1.54, 1.807) is 0 Å². The molecule has 2 heterocycles. The molecule has 0 unspecified atom stereocenters. The molecule has 10 aromatic carbocycles. The van der Waals surface area contributed by atoms with Gasteiger partial charge in [0.25, 0.3) is 0 Å². The van der Waals surface area contributed by atoms with Gasteiger partial charge in [0.15, 0.2) is 0 Å². The number of rotatable bonds is 7. The fourth-order valence-corrected chi connectivity index (χ4v) is 11.5. The third-order valence-corrected chi connectivity index (χ3v) is 14.4. The predicted molar refractivity (Wildman–Crippen MR) is 266 cm³/mol. The molecule has 61 heavy (non-hydrogen) atoms. The van der Waals surface area contributed by atoms with Gasteiger partial charge >= 0.3 is 0 Å². The minimum Gasteiger partial charge on any atom is -0.310 e. The van der Waals surface area contributed by atoms with Crippen LogP contribution < -0.4 is 4.90 Å². The van der Waals surface area contributed by atoms with Crippen molar-refractivity contribution in [3.63, 3.8) is 0 Å². The van der Waals surface area contributed by atoms with Gasteiger partial charge in [0.05, 0.1) is 5.69 Å². The molecule has 0 aliphatic carbocycles. The fourth-order valence-electron chi connectivity index (χ4n) is 9.16. The highest BCUT2D eigenvalue weighted by Crippen LogP contribution is 2.45. The molecule has 0 atom stereocenters. The Morgan fingerprint density at radius 3 is 1.70 bits per heavy atom. The summed E-state index contributed by atoms with van der Waals surface area (Å²) >= 11 is 3.74. The van der Waals surface area contributed by atoms with Crippen LogP contribution in [0.25, 0.3) is 95.6 Å². The second-order valence-electron chi connectivity index (χ2n) is 15.6. The molecular formula is C58H37NS2. The van der Waals surface area contributed by atoms with E-state index in [0.29, 0.717) is 0 Å². The van der Waals surface area contributed by atoms with Crippen LogP contribution in [-0.4, -0.2) is 0 Å². The first kappa shape index (κ1) is 35.6. The van der Waals surface area contributed by atoms with Crippen LogP contribution in [0.15, 0.2) is 224 Å². The van der Waals surface area contributed by atoms with E-state index in [1.807, 2.05) is 22.7 Å². The van der Waals surface area contributed by atoms with Crippen LogP contribution >= 0.6 is 22.7 Å². The maximum Gasteiger partial charge on any atom is 0.0540 e. The van der Waals surface area contributed by atoms with Gasteiger partial charge < -0.3 is 4.90 Å². The van der Waals surface area contributed by atoms with Crippen molar-refractivity contribution in [3.05, 3.63) is 224 Å². The molecule has 1 nitrogen and oxygen atoms in total. The van der Waals surface area contributed by atoms with Crippen molar-refractivity contribution >= 4 is 90.9 Å². The summed E-state index contributed by atoms with van der Waals surface area (Å²) in [7, 11) is 0. The van der Waals surface area contributed by atoms with Crippen molar-refractivity contribution in [2.45, 2.75) is 0 Å². The molecule has 0 aliphatic heterocycles. The number of fused-ring (bicyclic) bond motifs is 7. The maximum absolute atomic E-state index is 2.43. The number of hydrogen-bond donors (Lipinski definition) is 0. The molecule has 0 radical (unpaired) electrons. The highest BCUT2D eigenvalue weighted by Gasteiger charge is 2.20. The van der Waals surface area contributed by atoms with Gasteiger partial charge in [-0.2, -0.15) is 0 Å². The summed E-state index contributed by atoms with van der Waals surface area (Å²) < 4.78 is 5.30. The molecule has 286 valence electrons. The number of nitrogens with zero attached hydrogens (tertiary/aromatic N) is 1. The minimum atomic E-state index is 1.10. The van der Waals surface area contributed by atoms with Crippen LogP contribution in [0.5, 0.6) is 0 Å². The SMILES string of the molecule is c1cc(-c2cccc(N(c3ccc(-c4ccc5sc6ccccc6c5c4)cc3)c3ccccc3-c3cccc4ccccc34)c2)cc(-c2cccc3c2sc2ccccc23)c1. The lowest BCUT2D eigenvalue weighted by Gasteiger charge is -2.29. The molecule has 0 saturated carbocycles. The average molecular weight is 812 g/mol. The fraction of sp³-hybridized carbons (Fsp3) is 0. The Morgan fingerprint density at radius 2 is 0.836 bits per heavy atom. The highest BCUT2D eigenvalue weighted by atomic mass is 32.1. The highest BCUT2D eigenvalue weighted by molar-refractivity contribution is 7.26. The van der Waals surface area contributed by atoms with Crippen molar-refractivity contribution in [1.82, 2.24) is 0 Å². The summed E-state index contributed by atoms with van der Waals surface area (Å²) in [6.07, 6.45) is 0. The van der Waals surface area contributed by atoms with Gasteiger partial charge in [0.1, 0.15) is 0 Å². The number of para-hydroxylation sites is 1. The van der Waals surface area contributed by atoms with Crippen molar-refractivity contribution in [2.75, 3.05) is 4.90 Å². The van der Waals surface area contributed by atoms with Crippen molar-refractivity contribution in [3.8, 4) is 44.5 Å². The predicted octanol–water partition coefficient (Wildman–Crippen LogP) is 17.7. The zero-order valence-corrected chi connectivity index (χ0v) is 34.8. The Kier molecular flexibility index (Phi) is 8.62. The second kappa shape index (κ2) is 14.8. The Hall–Kier alpha value is -7.30. The third-order valence-electron chi connectivity index (χ3n) is 12.1. The third kappa shape index (κ3) is 6.21. The molecule has 3 heteroatoms. The van der Waals surface area contributed by atoms with E-state index < -0.39 is 0 Å². The van der Waals surface area contributed by atoms with E-state index in [-0.39, 0.29) is 0 Å². The second-order valence-corrected chi connectivity index (χ2v) is 17.8. The molecule has 0 amide bonds. The summed E-state index contributed by atoms with van der Waals surface area (Å²) in [5.41, 5.74) is 13.0. The average Bonchev–Trinajstić information content (AvgIpc) is 3.90.